The summed E-state index contributed by atoms with van der Waals surface area (Å²) in [7, 11) is 3.55. The zero-order chi connectivity index (χ0) is 19.3. The molecule has 1 saturated carbocycles. The summed E-state index contributed by atoms with van der Waals surface area (Å²) in [5.41, 5.74) is 0. The Hall–Kier alpha value is -1.34. The number of carbonyl (C=O) groups excluding carboxylic acids is 1. The first kappa shape index (κ1) is 22.0. The molecule has 0 bridgehead atoms. The van der Waals surface area contributed by atoms with Gasteiger partial charge < -0.3 is 25.0 Å². The van der Waals surface area contributed by atoms with E-state index in [1.807, 2.05) is 0 Å². The van der Waals surface area contributed by atoms with Gasteiger partial charge in [-0.1, -0.05) is 0 Å². The minimum atomic E-state index is -0.0625. The van der Waals surface area contributed by atoms with E-state index in [2.05, 4.69) is 20.5 Å². The Morgan fingerprint density at radius 1 is 1.15 bits per heavy atom. The third kappa shape index (κ3) is 8.93. The highest BCUT2D eigenvalue weighted by Crippen LogP contribution is 2.21. The fourth-order valence-electron chi connectivity index (χ4n) is 3.81. The third-order valence-electron chi connectivity index (χ3n) is 5.43. The molecule has 7 nitrogen and oxygen atoms in total. The van der Waals surface area contributed by atoms with Crippen LogP contribution < -0.4 is 10.6 Å². The van der Waals surface area contributed by atoms with E-state index >= 15 is 0 Å². The van der Waals surface area contributed by atoms with E-state index in [9.17, 15) is 4.79 Å². The first-order chi connectivity index (χ1) is 13.2. The molecule has 0 aromatic rings. The molecule has 1 heterocycles. The number of likely N-dealkylation sites (tertiary alicyclic amines) is 1. The lowest BCUT2D eigenvalue weighted by Gasteiger charge is -2.33. The van der Waals surface area contributed by atoms with Gasteiger partial charge in [0.05, 0.1) is 0 Å². The molecule has 156 valence electrons. The Labute approximate surface area is 164 Å². The molecular weight excluding hydrogens is 344 g/mol. The van der Waals surface area contributed by atoms with Crippen molar-refractivity contribution in [3.63, 3.8) is 0 Å². The number of nitrogens with one attached hydrogen (secondary N) is 2. The van der Waals surface area contributed by atoms with Crippen LogP contribution >= 0.6 is 0 Å². The van der Waals surface area contributed by atoms with Crippen LogP contribution in [0.2, 0.25) is 0 Å². The minimum absolute atomic E-state index is 0.0625. The number of aliphatic imine (C=N–C) groups is 1. The minimum Gasteiger partial charge on any atom is -0.462 e. The van der Waals surface area contributed by atoms with Crippen LogP contribution in [-0.4, -0.2) is 75.9 Å². The molecular formula is C20H38N4O3. The summed E-state index contributed by atoms with van der Waals surface area (Å²) in [5.74, 6) is 0.768. The summed E-state index contributed by atoms with van der Waals surface area (Å²) >= 11 is 0. The van der Waals surface area contributed by atoms with Gasteiger partial charge in [0.25, 0.3) is 0 Å². The molecule has 1 aliphatic carbocycles. The van der Waals surface area contributed by atoms with Gasteiger partial charge in [-0.05, 0) is 51.4 Å². The second-order valence-corrected chi connectivity index (χ2v) is 7.61. The average molecular weight is 383 g/mol. The van der Waals surface area contributed by atoms with Crippen molar-refractivity contribution in [3.8, 4) is 0 Å². The molecule has 0 atom stereocenters. The molecule has 0 amide bonds. The normalized spacial score (nSPS) is 20.0. The van der Waals surface area contributed by atoms with E-state index in [1.54, 1.807) is 14.2 Å². The molecule has 2 fully saturated rings. The van der Waals surface area contributed by atoms with Crippen LogP contribution in [0.3, 0.4) is 0 Å². The Bertz CT molecular complexity index is 445. The summed E-state index contributed by atoms with van der Waals surface area (Å²) < 4.78 is 10.6. The second-order valence-electron chi connectivity index (χ2n) is 7.61. The molecule has 1 aliphatic heterocycles. The Morgan fingerprint density at radius 2 is 1.89 bits per heavy atom. The SMILES string of the molecule is CN=C(NCCCC(=O)OC1CCCC1)NC1CCN(CCCOC)CC1. The monoisotopic (exact) mass is 382 g/mol. The lowest BCUT2D eigenvalue weighted by molar-refractivity contribution is -0.148. The smallest absolute Gasteiger partial charge is 0.306 e. The van der Waals surface area contributed by atoms with Gasteiger partial charge in [-0.15, -0.1) is 0 Å². The van der Waals surface area contributed by atoms with Gasteiger partial charge in [0.2, 0.25) is 0 Å². The molecule has 0 unspecified atom stereocenters. The average Bonchev–Trinajstić information content (AvgIpc) is 3.18. The number of rotatable bonds is 10. The summed E-state index contributed by atoms with van der Waals surface area (Å²) in [5, 5.41) is 6.83. The van der Waals surface area contributed by atoms with Crippen LogP contribution in [0.15, 0.2) is 4.99 Å². The van der Waals surface area contributed by atoms with Crippen LogP contribution in [0.4, 0.5) is 0 Å². The van der Waals surface area contributed by atoms with Gasteiger partial charge in [0.1, 0.15) is 6.10 Å². The first-order valence-electron chi connectivity index (χ1n) is 10.6. The lowest BCUT2D eigenvalue weighted by atomic mass is 10.1. The number of ether oxygens (including phenoxy) is 2. The number of methoxy groups -OCH3 is 1. The molecule has 2 aliphatic rings. The number of hydrogen-bond donors (Lipinski definition) is 2. The Morgan fingerprint density at radius 3 is 2.56 bits per heavy atom. The zero-order valence-corrected chi connectivity index (χ0v) is 17.2. The first-order valence-corrected chi connectivity index (χ1v) is 10.6. The van der Waals surface area contributed by atoms with E-state index in [0.717, 1.165) is 77.3 Å². The van der Waals surface area contributed by atoms with E-state index < -0.39 is 0 Å². The topological polar surface area (TPSA) is 75.2 Å². The quantitative estimate of drug-likeness (QED) is 0.260. The predicted molar refractivity (Wildman–Crippen MR) is 108 cm³/mol. The molecule has 2 rings (SSSR count). The Kier molecular flexibility index (Phi) is 10.5. The maximum atomic E-state index is 11.8. The van der Waals surface area contributed by atoms with Gasteiger partial charge in [-0.25, -0.2) is 0 Å². The number of esters is 1. The van der Waals surface area contributed by atoms with Crippen molar-refractivity contribution in [2.75, 3.05) is 46.9 Å². The van der Waals surface area contributed by atoms with Crippen molar-refractivity contribution in [2.45, 2.75) is 69.9 Å². The highest BCUT2D eigenvalue weighted by molar-refractivity contribution is 5.80. The standard InChI is InChI=1S/C20H38N4O3/c1-21-20(22-12-5-9-19(25)27-18-7-3-4-8-18)23-17-10-14-24(15-11-17)13-6-16-26-2/h17-18H,3-16H2,1-2H3,(H2,21,22,23). The van der Waals surface area contributed by atoms with Gasteiger partial charge >= 0.3 is 5.97 Å². The molecule has 0 spiro atoms. The largest absolute Gasteiger partial charge is 0.462 e. The van der Waals surface area contributed by atoms with Crippen molar-refractivity contribution in [1.82, 2.24) is 15.5 Å². The van der Waals surface area contributed by atoms with Crippen LogP contribution in [0.5, 0.6) is 0 Å². The molecule has 0 aromatic carbocycles. The van der Waals surface area contributed by atoms with E-state index in [4.69, 9.17) is 9.47 Å². The van der Waals surface area contributed by atoms with Crippen LogP contribution in [-0.2, 0) is 14.3 Å². The van der Waals surface area contributed by atoms with E-state index in [-0.39, 0.29) is 12.1 Å². The number of nitrogens with zero attached hydrogens (tertiary/aromatic N) is 2. The van der Waals surface area contributed by atoms with Crippen LogP contribution in [0, 0.1) is 0 Å². The van der Waals surface area contributed by atoms with Gasteiger partial charge in [0.15, 0.2) is 5.96 Å². The second kappa shape index (κ2) is 12.9. The van der Waals surface area contributed by atoms with Crippen molar-refractivity contribution in [3.05, 3.63) is 0 Å². The number of hydrogen-bond acceptors (Lipinski definition) is 5. The fraction of sp³-hybridized carbons (Fsp3) is 0.900. The molecule has 27 heavy (non-hydrogen) atoms. The fourth-order valence-corrected chi connectivity index (χ4v) is 3.81. The predicted octanol–water partition coefficient (Wildman–Crippen LogP) is 1.92. The summed E-state index contributed by atoms with van der Waals surface area (Å²) in [6.45, 7) is 4.92. The van der Waals surface area contributed by atoms with Crippen LogP contribution in [0.1, 0.15) is 57.8 Å². The molecule has 0 aromatic heterocycles. The Balaban J connectivity index is 1.53. The number of carbonyl (C=O) groups is 1. The third-order valence-corrected chi connectivity index (χ3v) is 5.43. The zero-order valence-electron chi connectivity index (χ0n) is 17.2. The molecule has 7 heteroatoms. The van der Waals surface area contributed by atoms with Gasteiger partial charge in [-0.2, -0.15) is 0 Å². The van der Waals surface area contributed by atoms with Gasteiger partial charge in [-0.3, -0.25) is 9.79 Å². The number of piperidine rings is 1. The maximum absolute atomic E-state index is 11.8. The molecule has 0 radical (unpaired) electrons. The number of guanidine groups is 1. The maximum Gasteiger partial charge on any atom is 0.306 e. The highest BCUT2D eigenvalue weighted by atomic mass is 16.5. The van der Waals surface area contributed by atoms with E-state index in [0.29, 0.717) is 12.5 Å². The van der Waals surface area contributed by atoms with Crippen molar-refractivity contribution in [2.24, 2.45) is 4.99 Å². The molecule has 2 N–H and O–H groups in total. The lowest BCUT2D eigenvalue weighted by Crippen LogP contribution is -2.49. The van der Waals surface area contributed by atoms with Gasteiger partial charge in [0, 0.05) is 59.4 Å². The van der Waals surface area contributed by atoms with E-state index in [1.165, 1.54) is 12.8 Å². The summed E-state index contributed by atoms with van der Waals surface area (Å²) in [4.78, 5) is 18.7. The van der Waals surface area contributed by atoms with Crippen molar-refractivity contribution >= 4 is 11.9 Å². The highest BCUT2D eigenvalue weighted by Gasteiger charge is 2.20. The molecule has 1 saturated heterocycles. The summed E-state index contributed by atoms with van der Waals surface area (Å²) in [6, 6.07) is 0.460. The summed E-state index contributed by atoms with van der Waals surface area (Å²) in [6.07, 6.45) is 9.20. The van der Waals surface area contributed by atoms with Crippen LogP contribution in [0.25, 0.3) is 0 Å². The van der Waals surface area contributed by atoms with Crippen molar-refractivity contribution < 1.29 is 14.3 Å². The van der Waals surface area contributed by atoms with Crippen molar-refractivity contribution in [1.29, 1.82) is 0 Å².